The first-order valence-electron chi connectivity index (χ1n) is 11.2. The first kappa shape index (κ1) is 26.7. The normalized spacial score (nSPS) is 23.4. The van der Waals surface area contributed by atoms with Gasteiger partial charge >= 0.3 is 23.9 Å². The molecule has 1 fully saturated rings. The Morgan fingerprint density at radius 2 is 1.44 bits per heavy atom. The number of carbonyl (C=O) groups excluding carboxylic acids is 5. The summed E-state index contributed by atoms with van der Waals surface area (Å²) in [5.74, 6) is -3.15. The maximum absolute atomic E-state index is 12.6. The largest absolute Gasteiger partial charge is 0.463 e. The van der Waals surface area contributed by atoms with Crippen molar-refractivity contribution < 1.29 is 47.7 Å². The van der Waals surface area contributed by atoms with Gasteiger partial charge in [-0.05, 0) is 6.07 Å². The van der Waals surface area contributed by atoms with Crippen molar-refractivity contribution in [3.8, 4) is 0 Å². The van der Waals surface area contributed by atoms with Crippen LogP contribution in [0.5, 0.6) is 0 Å². The lowest BCUT2D eigenvalue weighted by Crippen LogP contribution is -2.60. The molecule has 12 heteroatoms. The van der Waals surface area contributed by atoms with Crippen molar-refractivity contribution in [3.05, 3.63) is 36.0 Å². The molecule has 1 saturated heterocycles. The number of nitrogens with one attached hydrogen (secondary N) is 1. The van der Waals surface area contributed by atoms with Crippen LogP contribution in [0.25, 0.3) is 10.9 Å². The van der Waals surface area contributed by atoms with Crippen LogP contribution >= 0.6 is 0 Å². The van der Waals surface area contributed by atoms with Gasteiger partial charge in [-0.3, -0.25) is 24.0 Å². The third kappa shape index (κ3) is 5.82. The Hall–Kier alpha value is -3.93. The number of para-hydroxylation sites is 1. The van der Waals surface area contributed by atoms with Crippen molar-refractivity contribution in [2.24, 2.45) is 0 Å². The van der Waals surface area contributed by atoms with E-state index in [-0.39, 0.29) is 12.5 Å². The number of hydrogen-bond donors (Lipinski definition) is 1. The highest BCUT2D eigenvalue weighted by Gasteiger charge is 2.53. The van der Waals surface area contributed by atoms with E-state index in [0.717, 1.165) is 20.8 Å². The van der Waals surface area contributed by atoms with Crippen molar-refractivity contribution in [2.75, 3.05) is 13.7 Å². The Balaban J connectivity index is 2.20. The molecule has 3 rings (SSSR count). The molecule has 1 aliphatic rings. The maximum atomic E-state index is 12.6. The average molecular weight is 504 g/mol. The van der Waals surface area contributed by atoms with Crippen LogP contribution in [0.1, 0.15) is 44.3 Å². The van der Waals surface area contributed by atoms with Crippen molar-refractivity contribution in [2.45, 2.75) is 58.3 Å². The zero-order chi connectivity index (χ0) is 26.6. The SMILES string of the molecule is CNC(=O)c1cn([C@@H]2O[C@H](COC(C)=O)[C@@H](OC(C)=O)[C@H](OC(C)=O)[C@H]2OC(C)=O)c2ccccc12. The predicted molar refractivity (Wildman–Crippen MR) is 123 cm³/mol. The fourth-order valence-corrected chi connectivity index (χ4v) is 4.16. The van der Waals surface area contributed by atoms with Gasteiger partial charge < -0.3 is 33.6 Å². The fraction of sp³-hybridized carbons (Fsp3) is 0.458. The summed E-state index contributed by atoms with van der Waals surface area (Å²) < 4.78 is 29.3. The van der Waals surface area contributed by atoms with Crippen LogP contribution in [0, 0.1) is 0 Å². The van der Waals surface area contributed by atoms with Gasteiger partial charge in [-0.15, -0.1) is 0 Å². The van der Waals surface area contributed by atoms with Crippen LogP contribution < -0.4 is 5.32 Å². The van der Waals surface area contributed by atoms with E-state index in [0.29, 0.717) is 16.5 Å². The zero-order valence-corrected chi connectivity index (χ0v) is 20.5. The lowest BCUT2D eigenvalue weighted by atomic mass is 9.97. The number of hydrogen-bond acceptors (Lipinski definition) is 10. The molecule has 0 aliphatic carbocycles. The Kier molecular flexibility index (Phi) is 8.30. The van der Waals surface area contributed by atoms with Crippen LogP contribution in [0.2, 0.25) is 0 Å². The molecule has 0 unspecified atom stereocenters. The van der Waals surface area contributed by atoms with E-state index >= 15 is 0 Å². The molecular weight excluding hydrogens is 476 g/mol. The molecule has 1 aromatic carbocycles. The fourth-order valence-electron chi connectivity index (χ4n) is 4.16. The average Bonchev–Trinajstić information content (AvgIpc) is 3.18. The number of benzene rings is 1. The van der Waals surface area contributed by atoms with Gasteiger partial charge in [0.2, 0.25) is 0 Å². The summed E-state index contributed by atoms with van der Waals surface area (Å²) in [7, 11) is 1.49. The molecule has 36 heavy (non-hydrogen) atoms. The van der Waals surface area contributed by atoms with Gasteiger partial charge in [0.25, 0.3) is 5.91 Å². The highest BCUT2D eigenvalue weighted by molar-refractivity contribution is 6.06. The van der Waals surface area contributed by atoms with E-state index < -0.39 is 54.5 Å². The van der Waals surface area contributed by atoms with Crippen LogP contribution in [0.3, 0.4) is 0 Å². The first-order chi connectivity index (χ1) is 17.0. The maximum Gasteiger partial charge on any atom is 0.303 e. The molecule has 0 radical (unpaired) electrons. The second-order valence-electron chi connectivity index (χ2n) is 8.14. The molecule has 5 atom stereocenters. The van der Waals surface area contributed by atoms with Gasteiger partial charge in [0.1, 0.15) is 12.7 Å². The van der Waals surface area contributed by atoms with E-state index in [1.165, 1.54) is 20.2 Å². The monoisotopic (exact) mass is 504 g/mol. The molecule has 2 aromatic rings. The number of rotatable bonds is 7. The van der Waals surface area contributed by atoms with Gasteiger partial charge in [-0.1, -0.05) is 18.2 Å². The first-order valence-corrected chi connectivity index (χ1v) is 11.2. The van der Waals surface area contributed by atoms with Gasteiger partial charge in [0, 0.05) is 46.3 Å². The topological polar surface area (TPSA) is 148 Å². The Bertz CT molecular complexity index is 1170. The highest BCUT2D eigenvalue weighted by Crippen LogP contribution is 2.37. The third-order valence-corrected chi connectivity index (χ3v) is 5.45. The number of amides is 1. The van der Waals surface area contributed by atoms with Crippen LogP contribution in [0.4, 0.5) is 0 Å². The summed E-state index contributed by atoms with van der Waals surface area (Å²) in [5, 5.41) is 3.16. The van der Waals surface area contributed by atoms with Crippen LogP contribution in [0.15, 0.2) is 30.5 Å². The third-order valence-electron chi connectivity index (χ3n) is 5.45. The minimum Gasteiger partial charge on any atom is -0.463 e. The van der Waals surface area contributed by atoms with E-state index in [1.54, 1.807) is 28.8 Å². The second kappa shape index (κ2) is 11.2. The predicted octanol–water partition coefficient (Wildman–Crippen LogP) is 1.26. The number of carbonyl (C=O) groups is 5. The zero-order valence-electron chi connectivity index (χ0n) is 20.5. The summed E-state index contributed by atoms with van der Waals surface area (Å²) in [5.41, 5.74) is 0.873. The minimum atomic E-state index is -1.32. The number of aromatic nitrogens is 1. The second-order valence-corrected chi connectivity index (χ2v) is 8.14. The van der Waals surface area contributed by atoms with E-state index in [9.17, 15) is 24.0 Å². The molecule has 194 valence electrons. The Morgan fingerprint density at radius 1 is 0.861 bits per heavy atom. The quantitative estimate of drug-likeness (QED) is 0.431. The van der Waals surface area contributed by atoms with Crippen molar-refractivity contribution in [1.82, 2.24) is 9.88 Å². The number of esters is 4. The smallest absolute Gasteiger partial charge is 0.303 e. The lowest BCUT2D eigenvalue weighted by Gasteiger charge is -2.44. The van der Waals surface area contributed by atoms with Crippen molar-refractivity contribution in [1.29, 1.82) is 0 Å². The van der Waals surface area contributed by atoms with Gasteiger partial charge in [0.05, 0.1) is 11.1 Å². The van der Waals surface area contributed by atoms with Crippen molar-refractivity contribution in [3.63, 3.8) is 0 Å². The van der Waals surface area contributed by atoms with Crippen molar-refractivity contribution >= 4 is 40.7 Å². The Labute approximate surface area is 206 Å². The molecule has 1 N–H and O–H groups in total. The molecule has 0 bridgehead atoms. The highest BCUT2D eigenvalue weighted by atomic mass is 16.7. The van der Waals surface area contributed by atoms with Gasteiger partial charge in [-0.25, -0.2) is 0 Å². The van der Waals surface area contributed by atoms with E-state index in [2.05, 4.69) is 5.32 Å². The molecular formula is C24H28N2O10. The van der Waals surface area contributed by atoms with E-state index in [1.807, 2.05) is 0 Å². The van der Waals surface area contributed by atoms with E-state index in [4.69, 9.17) is 23.7 Å². The van der Waals surface area contributed by atoms with Crippen LogP contribution in [-0.4, -0.2) is 72.4 Å². The summed E-state index contributed by atoms with van der Waals surface area (Å²) >= 11 is 0. The number of fused-ring (bicyclic) bond motifs is 1. The molecule has 1 aliphatic heterocycles. The summed E-state index contributed by atoms with van der Waals surface area (Å²) in [4.78, 5) is 60.2. The minimum absolute atomic E-state index is 0.320. The molecule has 1 amide bonds. The molecule has 0 spiro atoms. The lowest BCUT2D eigenvalue weighted by molar-refractivity contribution is -0.267. The van der Waals surface area contributed by atoms with Gasteiger partial charge in [-0.2, -0.15) is 0 Å². The molecule has 12 nitrogen and oxygen atoms in total. The molecule has 0 saturated carbocycles. The summed E-state index contributed by atoms with van der Waals surface area (Å²) in [6.45, 7) is 4.31. The number of nitrogens with zero attached hydrogens (tertiary/aromatic N) is 1. The molecule has 2 heterocycles. The van der Waals surface area contributed by atoms with Gasteiger partial charge in [0.15, 0.2) is 24.5 Å². The Morgan fingerprint density at radius 3 is 2.03 bits per heavy atom. The standard InChI is InChI=1S/C24H28N2O10/c1-12(27)32-11-19-20(33-13(2)28)21(34-14(3)29)22(35-15(4)30)24(36-19)26-10-17(23(31)25-5)16-8-6-7-9-18(16)26/h6-10,19-22,24H,11H2,1-5H3,(H,25,31)/t19-,20-,21+,22-,24-/m1/s1. The summed E-state index contributed by atoms with van der Waals surface area (Å²) in [6.07, 6.45) is -4.63. The van der Waals surface area contributed by atoms with Crippen LogP contribution in [-0.2, 0) is 42.9 Å². The number of ether oxygens (including phenoxy) is 5. The molecule has 1 aromatic heterocycles. The summed E-state index contributed by atoms with van der Waals surface area (Å²) in [6, 6.07) is 6.97.